The summed E-state index contributed by atoms with van der Waals surface area (Å²) in [5.41, 5.74) is 6.34. The molecule has 2 N–H and O–H groups in total. The molecule has 94 valence electrons. The van der Waals surface area contributed by atoms with Crippen LogP contribution < -0.4 is 10.5 Å². The predicted octanol–water partition coefficient (Wildman–Crippen LogP) is 3.72. The second-order valence-electron chi connectivity index (χ2n) is 4.01. The number of nitrogen functional groups attached to an aromatic ring is 1. The highest BCUT2D eigenvalue weighted by Gasteiger charge is 2.05. The van der Waals surface area contributed by atoms with Gasteiger partial charge in [-0.25, -0.2) is 4.98 Å². The van der Waals surface area contributed by atoms with Crippen LogP contribution in [0.5, 0.6) is 11.5 Å². The van der Waals surface area contributed by atoms with Gasteiger partial charge in [0.25, 0.3) is 6.01 Å². The molecule has 4 heteroatoms. The van der Waals surface area contributed by atoms with E-state index < -0.39 is 0 Å². The SMILES string of the molecule is Nc1ncc(-c2cccc(Oc3ccccc3)c2)o1. The summed E-state index contributed by atoms with van der Waals surface area (Å²) in [7, 11) is 0. The van der Waals surface area contributed by atoms with Crippen molar-refractivity contribution in [3.8, 4) is 22.8 Å². The van der Waals surface area contributed by atoms with E-state index in [1.54, 1.807) is 6.20 Å². The Labute approximate surface area is 110 Å². The predicted molar refractivity (Wildman–Crippen MR) is 72.9 cm³/mol. The topological polar surface area (TPSA) is 61.3 Å². The molecule has 0 aliphatic heterocycles. The van der Waals surface area contributed by atoms with Gasteiger partial charge in [-0.15, -0.1) is 0 Å². The van der Waals surface area contributed by atoms with Gasteiger partial charge in [0.2, 0.25) is 0 Å². The van der Waals surface area contributed by atoms with Crippen molar-refractivity contribution in [2.45, 2.75) is 0 Å². The molecule has 0 unspecified atom stereocenters. The van der Waals surface area contributed by atoms with Crippen molar-refractivity contribution in [3.63, 3.8) is 0 Å². The van der Waals surface area contributed by atoms with Crippen LogP contribution in [0.1, 0.15) is 0 Å². The van der Waals surface area contributed by atoms with Gasteiger partial charge in [-0.3, -0.25) is 0 Å². The van der Waals surface area contributed by atoms with Crippen LogP contribution in [0.2, 0.25) is 0 Å². The van der Waals surface area contributed by atoms with Crippen molar-refractivity contribution in [1.29, 1.82) is 0 Å². The Morgan fingerprint density at radius 1 is 0.947 bits per heavy atom. The van der Waals surface area contributed by atoms with Crippen LogP contribution >= 0.6 is 0 Å². The highest BCUT2D eigenvalue weighted by atomic mass is 16.5. The molecule has 1 aromatic heterocycles. The summed E-state index contributed by atoms with van der Waals surface area (Å²) in [5, 5.41) is 0. The number of hydrogen-bond donors (Lipinski definition) is 1. The van der Waals surface area contributed by atoms with Gasteiger partial charge >= 0.3 is 0 Å². The Kier molecular flexibility index (Phi) is 2.90. The third kappa shape index (κ3) is 2.57. The second-order valence-corrected chi connectivity index (χ2v) is 4.01. The molecule has 0 amide bonds. The molecular weight excluding hydrogens is 240 g/mol. The average Bonchev–Trinajstić information content (AvgIpc) is 2.87. The molecule has 0 bridgehead atoms. The van der Waals surface area contributed by atoms with E-state index >= 15 is 0 Å². The van der Waals surface area contributed by atoms with Gasteiger partial charge in [0, 0.05) is 5.56 Å². The highest BCUT2D eigenvalue weighted by Crippen LogP contribution is 2.27. The maximum Gasteiger partial charge on any atom is 0.292 e. The molecule has 0 spiro atoms. The molecule has 4 nitrogen and oxygen atoms in total. The van der Waals surface area contributed by atoms with Crippen LogP contribution in [-0.4, -0.2) is 4.98 Å². The number of anilines is 1. The Hall–Kier alpha value is -2.75. The van der Waals surface area contributed by atoms with E-state index in [2.05, 4.69) is 4.98 Å². The summed E-state index contributed by atoms with van der Waals surface area (Å²) in [6.07, 6.45) is 1.59. The van der Waals surface area contributed by atoms with Crippen LogP contribution in [0.15, 0.2) is 65.2 Å². The molecule has 3 aromatic rings. The quantitative estimate of drug-likeness (QED) is 0.771. The standard InChI is InChI=1S/C15H12N2O2/c16-15-17-10-14(19-15)11-5-4-8-13(9-11)18-12-6-2-1-3-7-12/h1-10H,(H2,16,17). The van der Waals surface area contributed by atoms with Crippen molar-refractivity contribution >= 4 is 6.01 Å². The van der Waals surface area contributed by atoms with Crippen molar-refractivity contribution < 1.29 is 9.15 Å². The number of para-hydroxylation sites is 1. The molecule has 0 saturated heterocycles. The molecule has 0 atom stereocenters. The van der Waals surface area contributed by atoms with Crippen LogP contribution in [0.4, 0.5) is 6.01 Å². The van der Waals surface area contributed by atoms with E-state index in [9.17, 15) is 0 Å². The highest BCUT2D eigenvalue weighted by molar-refractivity contribution is 5.59. The van der Waals surface area contributed by atoms with Gasteiger partial charge < -0.3 is 14.9 Å². The lowest BCUT2D eigenvalue weighted by Crippen LogP contribution is -1.84. The molecule has 3 rings (SSSR count). The molecule has 0 aliphatic carbocycles. The lowest BCUT2D eigenvalue weighted by Gasteiger charge is -2.06. The first-order valence-corrected chi connectivity index (χ1v) is 5.86. The first kappa shape index (κ1) is 11.3. The van der Waals surface area contributed by atoms with Crippen LogP contribution in [0, 0.1) is 0 Å². The average molecular weight is 252 g/mol. The molecule has 1 heterocycles. The van der Waals surface area contributed by atoms with Gasteiger partial charge in [-0.05, 0) is 24.3 Å². The third-order valence-electron chi connectivity index (χ3n) is 2.62. The van der Waals surface area contributed by atoms with Crippen molar-refractivity contribution in [2.24, 2.45) is 0 Å². The Morgan fingerprint density at radius 3 is 2.47 bits per heavy atom. The molecule has 0 aliphatic rings. The summed E-state index contributed by atoms with van der Waals surface area (Å²) in [5.74, 6) is 2.14. The number of benzene rings is 2. The molecule has 2 aromatic carbocycles. The third-order valence-corrected chi connectivity index (χ3v) is 2.62. The number of rotatable bonds is 3. The Balaban J connectivity index is 1.88. The van der Waals surface area contributed by atoms with Crippen LogP contribution in [0.25, 0.3) is 11.3 Å². The zero-order valence-electron chi connectivity index (χ0n) is 10.1. The first-order valence-electron chi connectivity index (χ1n) is 5.86. The Bertz CT molecular complexity index is 677. The maximum atomic E-state index is 5.75. The number of hydrogen-bond acceptors (Lipinski definition) is 4. The van der Waals surface area contributed by atoms with E-state index in [0.29, 0.717) is 5.76 Å². The summed E-state index contributed by atoms with van der Waals surface area (Å²) < 4.78 is 11.0. The molecule has 0 radical (unpaired) electrons. The number of oxazole rings is 1. The fourth-order valence-corrected chi connectivity index (χ4v) is 1.76. The van der Waals surface area contributed by atoms with Gasteiger partial charge in [-0.2, -0.15) is 0 Å². The van der Waals surface area contributed by atoms with Crippen LogP contribution in [0.3, 0.4) is 0 Å². The van der Waals surface area contributed by atoms with Crippen LogP contribution in [-0.2, 0) is 0 Å². The fraction of sp³-hybridized carbons (Fsp3) is 0. The summed E-state index contributed by atoms with van der Waals surface area (Å²) >= 11 is 0. The van der Waals surface area contributed by atoms with Crippen molar-refractivity contribution in [1.82, 2.24) is 4.98 Å². The van der Waals surface area contributed by atoms with E-state index in [4.69, 9.17) is 14.9 Å². The summed E-state index contributed by atoms with van der Waals surface area (Å²) in [4.78, 5) is 3.88. The lowest BCUT2D eigenvalue weighted by atomic mass is 10.2. The zero-order valence-corrected chi connectivity index (χ0v) is 10.1. The second kappa shape index (κ2) is 4.86. The molecular formula is C15H12N2O2. The summed E-state index contributed by atoms with van der Waals surface area (Å²) in [6.45, 7) is 0. The number of ether oxygens (including phenoxy) is 1. The van der Waals surface area contributed by atoms with Gasteiger partial charge in [0.1, 0.15) is 11.5 Å². The molecule has 0 saturated carbocycles. The smallest absolute Gasteiger partial charge is 0.292 e. The van der Waals surface area contributed by atoms with Gasteiger partial charge in [0.15, 0.2) is 5.76 Å². The number of nitrogens with two attached hydrogens (primary N) is 1. The number of aromatic nitrogens is 1. The molecule has 0 fully saturated rings. The normalized spacial score (nSPS) is 10.3. The molecule has 19 heavy (non-hydrogen) atoms. The largest absolute Gasteiger partial charge is 0.457 e. The monoisotopic (exact) mass is 252 g/mol. The number of nitrogens with zero attached hydrogens (tertiary/aromatic N) is 1. The fourth-order valence-electron chi connectivity index (χ4n) is 1.76. The first-order chi connectivity index (χ1) is 9.31. The van der Waals surface area contributed by atoms with E-state index in [1.807, 2.05) is 54.6 Å². The van der Waals surface area contributed by atoms with Gasteiger partial charge in [-0.1, -0.05) is 30.3 Å². The minimum absolute atomic E-state index is 0.157. The van der Waals surface area contributed by atoms with Crippen molar-refractivity contribution in [3.05, 3.63) is 60.8 Å². The zero-order chi connectivity index (χ0) is 13.1. The minimum atomic E-state index is 0.157. The summed E-state index contributed by atoms with van der Waals surface area (Å²) in [6, 6.07) is 17.3. The Morgan fingerprint density at radius 2 is 1.74 bits per heavy atom. The van der Waals surface area contributed by atoms with E-state index in [1.165, 1.54) is 0 Å². The van der Waals surface area contributed by atoms with Crippen molar-refractivity contribution in [2.75, 3.05) is 5.73 Å². The van der Waals surface area contributed by atoms with E-state index in [0.717, 1.165) is 17.1 Å². The van der Waals surface area contributed by atoms with E-state index in [-0.39, 0.29) is 6.01 Å². The maximum absolute atomic E-state index is 5.75. The minimum Gasteiger partial charge on any atom is -0.457 e. The van der Waals surface area contributed by atoms with Gasteiger partial charge in [0.05, 0.1) is 6.20 Å². The lowest BCUT2D eigenvalue weighted by molar-refractivity contribution is 0.482.